The summed E-state index contributed by atoms with van der Waals surface area (Å²) in [6, 6.07) is -1.84. The van der Waals surface area contributed by atoms with Gasteiger partial charge in [0.15, 0.2) is 12.4 Å². The normalized spacial score (nSPS) is 27.0. The van der Waals surface area contributed by atoms with Gasteiger partial charge in [-0.05, 0) is 13.3 Å². The van der Waals surface area contributed by atoms with E-state index in [-0.39, 0.29) is 18.9 Å². The van der Waals surface area contributed by atoms with E-state index in [0.29, 0.717) is 5.69 Å². The third-order valence-corrected chi connectivity index (χ3v) is 5.46. The smallest absolute Gasteiger partial charge is 0.335 e. The molecular formula is C17H27N5O10S. The Morgan fingerprint density at radius 2 is 1.91 bits per heavy atom. The van der Waals surface area contributed by atoms with Crippen molar-refractivity contribution in [3.63, 3.8) is 0 Å². The second-order valence-electron chi connectivity index (χ2n) is 7.18. The van der Waals surface area contributed by atoms with Crippen LogP contribution in [-0.2, 0) is 37.0 Å². The van der Waals surface area contributed by atoms with E-state index < -0.39 is 60.6 Å². The maximum absolute atomic E-state index is 12.4. The van der Waals surface area contributed by atoms with Crippen LogP contribution in [0.15, 0.2) is 6.20 Å². The van der Waals surface area contributed by atoms with Crippen molar-refractivity contribution in [3.05, 3.63) is 11.9 Å². The van der Waals surface area contributed by atoms with Crippen molar-refractivity contribution in [3.8, 4) is 0 Å². The molecule has 0 aliphatic carbocycles. The zero-order chi connectivity index (χ0) is 24.7. The number of ether oxygens (including phenoxy) is 2. The molecule has 1 saturated heterocycles. The third-order valence-electron chi connectivity index (χ3n) is 4.80. The van der Waals surface area contributed by atoms with Crippen molar-refractivity contribution in [1.29, 1.82) is 0 Å². The van der Waals surface area contributed by atoms with Gasteiger partial charge in [0.2, 0.25) is 5.91 Å². The first-order valence-corrected chi connectivity index (χ1v) is 11.1. The number of carbonyl (C=O) groups is 3. The average molecular weight is 493 g/mol. The van der Waals surface area contributed by atoms with Crippen LogP contribution in [0.3, 0.4) is 0 Å². The number of amides is 1. The van der Waals surface area contributed by atoms with Gasteiger partial charge in [-0.15, -0.1) is 5.10 Å². The molecule has 1 aliphatic heterocycles. The summed E-state index contributed by atoms with van der Waals surface area (Å²) >= 11 is 1.28. The van der Waals surface area contributed by atoms with Crippen LogP contribution in [0.25, 0.3) is 0 Å². The number of carboxylic acids is 2. The van der Waals surface area contributed by atoms with Crippen molar-refractivity contribution in [1.82, 2.24) is 25.6 Å². The highest BCUT2D eigenvalue weighted by molar-refractivity contribution is 7.98. The number of hydrogen-bond donors (Lipinski definition) is 7. The minimum Gasteiger partial charge on any atom is -0.480 e. The number of hydrogen-bond acceptors (Lipinski definition) is 12. The Kier molecular flexibility index (Phi) is 9.96. The monoisotopic (exact) mass is 493 g/mol. The van der Waals surface area contributed by atoms with Crippen LogP contribution in [0.1, 0.15) is 5.69 Å². The van der Waals surface area contributed by atoms with E-state index in [1.165, 1.54) is 29.7 Å². The van der Waals surface area contributed by atoms with E-state index >= 15 is 0 Å². The van der Waals surface area contributed by atoms with Gasteiger partial charge in [0.05, 0.1) is 17.9 Å². The fourth-order valence-electron chi connectivity index (χ4n) is 2.98. The first-order valence-electron chi connectivity index (χ1n) is 9.71. The molecule has 1 aromatic rings. The summed E-state index contributed by atoms with van der Waals surface area (Å²) in [4.78, 5) is 34.8. The van der Waals surface area contributed by atoms with Crippen LogP contribution >= 0.6 is 11.8 Å². The SMILES string of the molecule is CN[C@@H](Cc1cn(COC2OC(C(=O)O)C(O)[C@H](O)[C@@H]2O)nn1)C(=O)N[C@H](CSC)C(=O)O. The topological polar surface area (TPSA) is 226 Å². The summed E-state index contributed by atoms with van der Waals surface area (Å²) in [7, 11) is 1.53. The quantitative estimate of drug-likeness (QED) is 0.148. The Balaban J connectivity index is 1.95. The fraction of sp³-hybridized carbons (Fsp3) is 0.706. The maximum Gasteiger partial charge on any atom is 0.335 e. The molecule has 0 radical (unpaired) electrons. The summed E-state index contributed by atoms with van der Waals surface area (Å²) in [6.07, 6.45) is -5.48. The molecule has 0 spiro atoms. The van der Waals surface area contributed by atoms with E-state index in [4.69, 9.17) is 14.6 Å². The van der Waals surface area contributed by atoms with Crippen molar-refractivity contribution < 1.29 is 49.4 Å². The summed E-state index contributed by atoms with van der Waals surface area (Å²) in [5, 5.41) is 60.6. The van der Waals surface area contributed by atoms with Gasteiger partial charge < -0.3 is 45.6 Å². The van der Waals surface area contributed by atoms with Crippen LogP contribution < -0.4 is 10.6 Å². The second-order valence-corrected chi connectivity index (χ2v) is 8.09. The molecule has 7 N–H and O–H groups in total. The van der Waals surface area contributed by atoms with Gasteiger partial charge in [-0.3, -0.25) is 4.79 Å². The average Bonchev–Trinajstić information content (AvgIpc) is 3.22. The highest BCUT2D eigenvalue weighted by Crippen LogP contribution is 2.22. The van der Waals surface area contributed by atoms with Gasteiger partial charge in [0, 0.05) is 12.2 Å². The Labute approximate surface area is 192 Å². The van der Waals surface area contributed by atoms with Gasteiger partial charge in [-0.25, -0.2) is 14.3 Å². The molecule has 0 bridgehead atoms. The number of aromatic nitrogens is 3. The van der Waals surface area contributed by atoms with Crippen LogP contribution in [0.4, 0.5) is 0 Å². The molecule has 2 heterocycles. The Morgan fingerprint density at radius 1 is 1.21 bits per heavy atom. The number of nitrogens with one attached hydrogen (secondary N) is 2. The van der Waals surface area contributed by atoms with E-state index in [9.17, 15) is 34.8 Å². The van der Waals surface area contributed by atoms with Crippen LogP contribution in [0, 0.1) is 0 Å². The number of aliphatic hydroxyl groups excluding tert-OH is 3. The number of carboxylic acid groups (broad SMARTS) is 2. The lowest BCUT2D eigenvalue weighted by Crippen LogP contribution is -2.60. The molecule has 1 aromatic heterocycles. The summed E-state index contributed by atoms with van der Waals surface area (Å²) < 4.78 is 11.5. The number of thioether (sulfide) groups is 1. The molecule has 15 nitrogen and oxygen atoms in total. The Bertz CT molecular complexity index is 826. The molecule has 1 amide bonds. The van der Waals surface area contributed by atoms with Crippen molar-refractivity contribution in [2.24, 2.45) is 0 Å². The lowest BCUT2D eigenvalue weighted by Gasteiger charge is -2.38. The van der Waals surface area contributed by atoms with Gasteiger partial charge >= 0.3 is 11.9 Å². The molecule has 2 rings (SSSR count). The largest absolute Gasteiger partial charge is 0.480 e. The van der Waals surface area contributed by atoms with Crippen molar-refractivity contribution in [2.75, 3.05) is 19.1 Å². The lowest BCUT2D eigenvalue weighted by molar-refractivity contribution is -0.302. The molecule has 1 aliphatic rings. The highest BCUT2D eigenvalue weighted by Gasteiger charge is 2.47. The maximum atomic E-state index is 12.4. The number of aliphatic carboxylic acids is 2. The van der Waals surface area contributed by atoms with Gasteiger partial charge in [-0.2, -0.15) is 11.8 Å². The Hall–Kier alpha value is -2.34. The summed E-state index contributed by atoms with van der Waals surface area (Å²) in [5.74, 6) is -3.01. The molecule has 0 aromatic carbocycles. The molecule has 186 valence electrons. The summed E-state index contributed by atoms with van der Waals surface area (Å²) in [6.45, 7) is -0.352. The molecule has 0 saturated carbocycles. The predicted molar refractivity (Wildman–Crippen MR) is 110 cm³/mol. The van der Waals surface area contributed by atoms with Crippen molar-refractivity contribution >= 4 is 29.6 Å². The highest BCUT2D eigenvalue weighted by atomic mass is 32.2. The Morgan fingerprint density at radius 3 is 2.48 bits per heavy atom. The van der Waals surface area contributed by atoms with Crippen LogP contribution in [0.2, 0.25) is 0 Å². The minimum absolute atomic E-state index is 0.0719. The predicted octanol–water partition coefficient (Wildman–Crippen LogP) is -3.79. The number of aliphatic hydroxyl groups is 3. The third kappa shape index (κ3) is 7.07. The molecule has 7 atom stereocenters. The van der Waals surface area contributed by atoms with Gasteiger partial charge in [-0.1, -0.05) is 5.21 Å². The minimum atomic E-state index is -1.84. The first kappa shape index (κ1) is 26.9. The number of likely N-dealkylation sites (N-methyl/N-ethyl adjacent to an activating group) is 1. The molecule has 3 unspecified atom stereocenters. The van der Waals surface area contributed by atoms with E-state index in [1.54, 1.807) is 6.26 Å². The molecule has 16 heteroatoms. The number of nitrogens with zero attached hydrogens (tertiary/aromatic N) is 3. The molecular weight excluding hydrogens is 466 g/mol. The van der Waals surface area contributed by atoms with Crippen LogP contribution in [0.5, 0.6) is 0 Å². The fourth-order valence-corrected chi connectivity index (χ4v) is 3.54. The molecule has 33 heavy (non-hydrogen) atoms. The standard InChI is InChI=1S/C17H27N5O10S/c1-18-8(14(26)19-9(5-33-2)15(27)28)3-7-4-22(21-20-7)6-31-17-12(25)10(23)11(24)13(32-17)16(29)30/h4,8-13,17-18,23-25H,3,5-6H2,1-2H3,(H,19,26)(H,27,28)(H,29,30)/t8-,9+,10-,11?,12-,13?,17?/m0/s1. The second kappa shape index (κ2) is 12.2. The lowest BCUT2D eigenvalue weighted by atomic mass is 9.99. The zero-order valence-electron chi connectivity index (χ0n) is 17.8. The van der Waals surface area contributed by atoms with E-state index in [1.807, 2.05) is 0 Å². The number of carbonyl (C=O) groups excluding carboxylic acids is 1. The zero-order valence-corrected chi connectivity index (χ0v) is 18.6. The molecule has 1 fully saturated rings. The van der Waals surface area contributed by atoms with E-state index in [2.05, 4.69) is 20.9 Å². The van der Waals surface area contributed by atoms with Crippen molar-refractivity contribution in [2.45, 2.75) is 55.9 Å². The number of rotatable bonds is 12. The van der Waals surface area contributed by atoms with Gasteiger partial charge in [0.1, 0.15) is 31.1 Å². The van der Waals surface area contributed by atoms with Gasteiger partial charge in [0.25, 0.3) is 0 Å². The summed E-state index contributed by atoms with van der Waals surface area (Å²) in [5.41, 5.74) is 0.355. The first-order chi connectivity index (χ1) is 15.6. The van der Waals surface area contributed by atoms with E-state index in [0.717, 1.165) is 0 Å². The van der Waals surface area contributed by atoms with Crippen LogP contribution in [-0.4, -0.2) is 120 Å².